The molecule has 2 rings (SSSR count). The predicted octanol–water partition coefficient (Wildman–Crippen LogP) is 3.85. The van der Waals surface area contributed by atoms with Crippen molar-refractivity contribution in [3.05, 3.63) is 53.1 Å². The van der Waals surface area contributed by atoms with E-state index in [1.165, 1.54) is 25.2 Å². The van der Waals surface area contributed by atoms with E-state index in [0.717, 1.165) is 22.5 Å². The maximum absolute atomic E-state index is 13.8. The number of sulfonamides is 1. The van der Waals surface area contributed by atoms with Gasteiger partial charge in [0.05, 0.1) is 26.2 Å². The Morgan fingerprint density at radius 2 is 1.68 bits per heavy atom. The molecule has 0 radical (unpaired) electrons. The molecule has 1 N–H and O–H groups in total. The van der Waals surface area contributed by atoms with Crippen molar-refractivity contribution in [1.29, 1.82) is 0 Å². The first kappa shape index (κ1) is 30.2. The first-order valence-electron chi connectivity index (χ1n) is 12.0. The van der Waals surface area contributed by atoms with Crippen molar-refractivity contribution in [2.75, 3.05) is 31.3 Å². The highest BCUT2D eigenvalue weighted by atomic mass is 35.5. The Labute approximate surface area is 224 Å². The van der Waals surface area contributed by atoms with E-state index in [1.54, 1.807) is 36.4 Å². The van der Waals surface area contributed by atoms with Crippen molar-refractivity contribution in [2.24, 2.45) is 0 Å². The normalized spacial score (nSPS) is 12.8. The molecule has 37 heavy (non-hydrogen) atoms. The quantitative estimate of drug-likeness (QED) is 0.404. The SMILES string of the molecule is CC[C@@H](C)NC(=O)[C@H](CC)N(Cc1ccc(Cl)cc1)C(=O)CN(c1cc(OC)ccc1OC)S(C)(=O)=O. The molecule has 0 saturated carbocycles. The zero-order chi connectivity index (χ0) is 27.8. The number of rotatable bonds is 13. The lowest BCUT2D eigenvalue weighted by molar-refractivity contribution is -0.140. The molecule has 0 aliphatic rings. The van der Waals surface area contributed by atoms with E-state index in [1.807, 2.05) is 20.8 Å². The van der Waals surface area contributed by atoms with Crippen LogP contribution in [0, 0.1) is 0 Å². The fourth-order valence-electron chi connectivity index (χ4n) is 3.73. The number of ether oxygens (including phenoxy) is 2. The van der Waals surface area contributed by atoms with Crippen molar-refractivity contribution in [3.8, 4) is 11.5 Å². The van der Waals surface area contributed by atoms with Crippen LogP contribution in [-0.4, -0.2) is 64.2 Å². The second kappa shape index (κ2) is 13.5. The van der Waals surface area contributed by atoms with Gasteiger partial charge in [-0.1, -0.05) is 37.6 Å². The van der Waals surface area contributed by atoms with E-state index in [-0.39, 0.29) is 29.9 Å². The van der Waals surface area contributed by atoms with Gasteiger partial charge in [-0.15, -0.1) is 0 Å². The minimum absolute atomic E-state index is 0.0809. The number of nitrogens with zero attached hydrogens (tertiary/aromatic N) is 2. The lowest BCUT2D eigenvalue weighted by Crippen LogP contribution is -2.53. The number of carbonyl (C=O) groups is 2. The summed E-state index contributed by atoms with van der Waals surface area (Å²) in [7, 11) is -1.06. The molecule has 2 aromatic rings. The van der Waals surface area contributed by atoms with E-state index >= 15 is 0 Å². The molecule has 2 atom stereocenters. The third kappa shape index (κ3) is 8.26. The van der Waals surface area contributed by atoms with Crippen LogP contribution in [0.3, 0.4) is 0 Å². The van der Waals surface area contributed by atoms with Crippen molar-refractivity contribution in [3.63, 3.8) is 0 Å². The van der Waals surface area contributed by atoms with Crippen LogP contribution in [0.2, 0.25) is 5.02 Å². The Morgan fingerprint density at radius 3 is 2.19 bits per heavy atom. The molecule has 11 heteroatoms. The minimum atomic E-state index is -3.93. The summed E-state index contributed by atoms with van der Waals surface area (Å²) in [5.74, 6) is -0.195. The number of benzene rings is 2. The van der Waals surface area contributed by atoms with Gasteiger partial charge in [-0.25, -0.2) is 8.42 Å². The number of amides is 2. The van der Waals surface area contributed by atoms with Crippen LogP contribution < -0.4 is 19.1 Å². The Balaban J connectivity index is 2.52. The summed E-state index contributed by atoms with van der Waals surface area (Å²) in [6.07, 6.45) is 2.07. The van der Waals surface area contributed by atoms with E-state index in [9.17, 15) is 18.0 Å². The Bertz CT molecular complexity index is 1170. The van der Waals surface area contributed by atoms with Crippen LogP contribution in [-0.2, 0) is 26.2 Å². The van der Waals surface area contributed by atoms with Crippen LogP contribution in [0.4, 0.5) is 5.69 Å². The second-order valence-corrected chi connectivity index (χ2v) is 11.0. The monoisotopic (exact) mass is 553 g/mol. The van der Waals surface area contributed by atoms with E-state index in [4.69, 9.17) is 21.1 Å². The number of anilines is 1. The number of hydrogen-bond acceptors (Lipinski definition) is 6. The standard InChI is InChI=1S/C26H36ClN3O6S/c1-7-18(3)28-26(32)22(8-2)29(16-19-9-11-20(27)12-10-19)25(31)17-30(37(6,33)34)23-15-21(35-4)13-14-24(23)36-5/h9-15,18,22H,7-8,16-17H2,1-6H3,(H,28,32)/t18-,22+/m1/s1. The van der Waals surface area contributed by atoms with Gasteiger partial charge in [0.25, 0.3) is 0 Å². The minimum Gasteiger partial charge on any atom is -0.497 e. The Morgan fingerprint density at radius 1 is 1.03 bits per heavy atom. The van der Waals surface area contributed by atoms with Gasteiger partial charge >= 0.3 is 0 Å². The summed E-state index contributed by atoms with van der Waals surface area (Å²) in [6.45, 7) is 5.20. The van der Waals surface area contributed by atoms with Gasteiger partial charge in [0.1, 0.15) is 24.1 Å². The zero-order valence-corrected chi connectivity index (χ0v) is 23.7. The van der Waals surface area contributed by atoms with Gasteiger partial charge in [0.2, 0.25) is 21.8 Å². The highest BCUT2D eigenvalue weighted by molar-refractivity contribution is 7.92. The lowest BCUT2D eigenvalue weighted by atomic mass is 10.1. The number of hydrogen-bond donors (Lipinski definition) is 1. The van der Waals surface area contributed by atoms with Crippen LogP contribution in [0.1, 0.15) is 39.2 Å². The summed E-state index contributed by atoms with van der Waals surface area (Å²) < 4.78 is 37.3. The van der Waals surface area contributed by atoms with Gasteiger partial charge in [-0.2, -0.15) is 0 Å². The molecule has 0 saturated heterocycles. The van der Waals surface area contributed by atoms with Crippen molar-refractivity contribution in [1.82, 2.24) is 10.2 Å². The van der Waals surface area contributed by atoms with Crippen LogP contribution in [0.15, 0.2) is 42.5 Å². The molecule has 2 amide bonds. The average Bonchev–Trinajstić information content (AvgIpc) is 2.86. The number of nitrogens with one attached hydrogen (secondary N) is 1. The first-order chi connectivity index (χ1) is 17.4. The summed E-state index contributed by atoms with van der Waals surface area (Å²) in [4.78, 5) is 28.4. The molecule has 0 aliphatic heterocycles. The van der Waals surface area contributed by atoms with E-state index in [0.29, 0.717) is 17.2 Å². The summed E-state index contributed by atoms with van der Waals surface area (Å²) in [5, 5.41) is 3.48. The predicted molar refractivity (Wildman–Crippen MR) is 146 cm³/mol. The molecule has 0 aliphatic carbocycles. The van der Waals surface area contributed by atoms with Gasteiger partial charge in [-0.05, 0) is 49.6 Å². The molecule has 2 aromatic carbocycles. The van der Waals surface area contributed by atoms with Gasteiger partial charge < -0.3 is 19.7 Å². The molecule has 204 valence electrons. The van der Waals surface area contributed by atoms with Gasteiger partial charge in [-0.3, -0.25) is 13.9 Å². The van der Waals surface area contributed by atoms with Crippen LogP contribution in [0.25, 0.3) is 0 Å². The second-order valence-electron chi connectivity index (χ2n) is 8.70. The molecule has 0 aromatic heterocycles. The molecule has 0 unspecified atom stereocenters. The fraction of sp³-hybridized carbons (Fsp3) is 0.462. The van der Waals surface area contributed by atoms with E-state index < -0.39 is 28.5 Å². The third-order valence-electron chi connectivity index (χ3n) is 5.99. The summed E-state index contributed by atoms with van der Waals surface area (Å²) >= 11 is 6.02. The van der Waals surface area contributed by atoms with Gasteiger partial charge in [0, 0.05) is 23.7 Å². The average molecular weight is 554 g/mol. The summed E-state index contributed by atoms with van der Waals surface area (Å²) in [6, 6.07) is 10.7. The topological polar surface area (TPSA) is 105 Å². The lowest BCUT2D eigenvalue weighted by Gasteiger charge is -2.33. The number of halogens is 1. The zero-order valence-electron chi connectivity index (χ0n) is 22.2. The van der Waals surface area contributed by atoms with Crippen LogP contribution >= 0.6 is 11.6 Å². The highest BCUT2D eigenvalue weighted by Crippen LogP contribution is 2.34. The first-order valence-corrected chi connectivity index (χ1v) is 14.2. The number of carbonyl (C=O) groups excluding carboxylic acids is 2. The maximum Gasteiger partial charge on any atom is 0.244 e. The summed E-state index contributed by atoms with van der Waals surface area (Å²) in [5.41, 5.74) is 0.902. The van der Waals surface area contributed by atoms with Crippen molar-refractivity contribution < 1.29 is 27.5 Å². The van der Waals surface area contributed by atoms with Crippen molar-refractivity contribution in [2.45, 2.75) is 52.2 Å². The smallest absolute Gasteiger partial charge is 0.244 e. The molecular formula is C26H36ClN3O6S. The molecule has 0 heterocycles. The molecular weight excluding hydrogens is 518 g/mol. The fourth-order valence-corrected chi connectivity index (χ4v) is 4.70. The molecule has 0 bridgehead atoms. The van der Waals surface area contributed by atoms with Gasteiger partial charge in [0.15, 0.2) is 0 Å². The van der Waals surface area contributed by atoms with E-state index in [2.05, 4.69) is 5.32 Å². The Kier molecular flexibility index (Phi) is 11.1. The largest absolute Gasteiger partial charge is 0.497 e. The van der Waals surface area contributed by atoms with Crippen LogP contribution in [0.5, 0.6) is 11.5 Å². The maximum atomic E-state index is 13.8. The van der Waals surface area contributed by atoms with Crippen molar-refractivity contribution >= 4 is 39.1 Å². The third-order valence-corrected chi connectivity index (χ3v) is 7.37. The number of methoxy groups -OCH3 is 2. The molecule has 9 nitrogen and oxygen atoms in total. The Hall–Kier alpha value is -2.98. The molecule has 0 fully saturated rings. The highest BCUT2D eigenvalue weighted by Gasteiger charge is 2.33. The molecule has 0 spiro atoms.